The third-order valence-corrected chi connectivity index (χ3v) is 4.68. The van der Waals surface area contributed by atoms with Crippen molar-refractivity contribution in [2.75, 3.05) is 19.6 Å². The van der Waals surface area contributed by atoms with Gasteiger partial charge in [-0.3, -0.25) is 9.58 Å². The van der Waals surface area contributed by atoms with Crippen LogP contribution in [0.15, 0.2) is 60.9 Å². The summed E-state index contributed by atoms with van der Waals surface area (Å²) in [5.74, 6) is 0. The molecule has 0 saturated carbocycles. The van der Waals surface area contributed by atoms with Crippen molar-refractivity contribution in [1.29, 1.82) is 0 Å². The van der Waals surface area contributed by atoms with E-state index in [-0.39, 0.29) is 0 Å². The second-order valence-corrected chi connectivity index (χ2v) is 6.86. The second kappa shape index (κ2) is 8.79. The maximum absolute atomic E-state index is 5.87. The van der Waals surface area contributed by atoms with Gasteiger partial charge in [-0.2, -0.15) is 5.10 Å². The summed E-state index contributed by atoms with van der Waals surface area (Å²) in [6, 6.07) is 17.3. The predicted molar refractivity (Wildman–Crippen MR) is 108 cm³/mol. The van der Waals surface area contributed by atoms with E-state index in [1.807, 2.05) is 17.9 Å². The quantitative estimate of drug-likeness (QED) is 0.679. The maximum Gasteiger partial charge on any atom is 0.0568 e. The van der Waals surface area contributed by atoms with E-state index < -0.39 is 0 Å². The van der Waals surface area contributed by atoms with Gasteiger partial charge in [-0.15, -0.1) is 0 Å². The minimum Gasteiger partial charge on any atom is -0.329 e. The Balaban J connectivity index is 1.78. The minimum absolute atomic E-state index is 0.670. The molecule has 136 valence electrons. The smallest absolute Gasteiger partial charge is 0.0568 e. The topological polar surface area (TPSA) is 47.1 Å². The van der Waals surface area contributed by atoms with E-state index in [1.54, 1.807) is 0 Å². The van der Waals surface area contributed by atoms with Crippen LogP contribution in [-0.4, -0.2) is 34.3 Å². The molecule has 2 aromatic carbocycles. The van der Waals surface area contributed by atoms with Gasteiger partial charge in [0, 0.05) is 45.0 Å². The van der Waals surface area contributed by atoms with Crippen molar-refractivity contribution in [3.8, 4) is 11.1 Å². The molecule has 3 aromatic rings. The van der Waals surface area contributed by atoms with Crippen molar-refractivity contribution in [2.45, 2.75) is 19.9 Å². The number of aryl methyl sites for hydroxylation is 2. The van der Waals surface area contributed by atoms with Crippen LogP contribution in [0.3, 0.4) is 0 Å². The number of hydrogen-bond acceptors (Lipinski definition) is 3. The molecule has 2 N–H and O–H groups in total. The molecule has 3 rings (SSSR count). The lowest BCUT2D eigenvalue weighted by Gasteiger charge is -2.23. The molecule has 0 radical (unpaired) electrons. The average molecular weight is 348 g/mol. The van der Waals surface area contributed by atoms with Crippen LogP contribution in [0.2, 0.25) is 0 Å². The van der Waals surface area contributed by atoms with Gasteiger partial charge >= 0.3 is 0 Å². The molecule has 0 aliphatic carbocycles. The van der Waals surface area contributed by atoms with Crippen molar-refractivity contribution in [2.24, 2.45) is 12.8 Å². The van der Waals surface area contributed by atoms with Crippen molar-refractivity contribution >= 4 is 0 Å². The van der Waals surface area contributed by atoms with E-state index in [4.69, 9.17) is 5.73 Å². The molecular formula is C22H28N4. The molecule has 1 aromatic heterocycles. The summed E-state index contributed by atoms with van der Waals surface area (Å²) in [6.45, 7) is 5.60. The number of hydrogen-bond donors (Lipinski definition) is 1. The summed E-state index contributed by atoms with van der Waals surface area (Å²) in [6.07, 6.45) is 5.06. The highest BCUT2D eigenvalue weighted by Crippen LogP contribution is 2.26. The van der Waals surface area contributed by atoms with E-state index in [2.05, 4.69) is 71.7 Å². The van der Waals surface area contributed by atoms with E-state index in [0.29, 0.717) is 6.54 Å². The highest BCUT2D eigenvalue weighted by Gasteiger charge is 2.12. The Labute approximate surface area is 156 Å². The fourth-order valence-corrected chi connectivity index (χ4v) is 3.28. The van der Waals surface area contributed by atoms with Gasteiger partial charge in [0.15, 0.2) is 0 Å². The summed E-state index contributed by atoms with van der Waals surface area (Å²) in [5, 5.41) is 4.34. The summed E-state index contributed by atoms with van der Waals surface area (Å²) in [5.41, 5.74) is 12.3. The molecule has 0 aliphatic heterocycles. The number of rotatable bonds is 8. The van der Waals surface area contributed by atoms with Gasteiger partial charge in [0.25, 0.3) is 0 Å². The van der Waals surface area contributed by atoms with Crippen molar-refractivity contribution in [3.63, 3.8) is 0 Å². The molecule has 0 atom stereocenters. The van der Waals surface area contributed by atoms with E-state index >= 15 is 0 Å². The number of aromatic nitrogens is 2. The van der Waals surface area contributed by atoms with Crippen LogP contribution in [-0.2, 0) is 20.0 Å². The Morgan fingerprint density at radius 2 is 1.88 bits per heavy atom. The van der Waals surface area contributed by atoms with Crippen molar-refractivity contribution < 1.29 is 0 Å². The molecule has 1 heterocycles. The molecule has 0 aliphatic rings. The Hall–Kier alpha value is -2.43. The summed E-state index contributed by atoms with van der Waals surface area (Å²) < 4.78 is 1.86. The standard InChI is InChI=1S/C22H28N4/c1-18-8-9-20(22(14-18)21-15-24-25(2)16-21)17-26(13-11-23)12-10-19-6-4-3-5-7-19/h3-9,14-16H,10-13,17,23H2,1-2H3. The lowest BCUT2D eigenvalue weighted by molar-refractivity contribution is 0.277. The fraction of sp³-hybridized carbons (Fsp3) is 0.318. The largest absolute Gasteiger partial charge is 0.329 e. The van der Waals surface area contributed by atoms with Gasteiger partial charge < -0.3 is 5.73 Å². The van der Waals surface area contributed by atoms with Gasteiger partial charge in [0.1, 0.15) is 0 Å². The number of benzene rings is 2. The number of nitrogens with zero attached hydrogens (tertiary/aromatic N) is 3. The monoisotopic (exact) mass is 348 g/mol. The summed E-state index contributed by atoms with van der Waals surface area (Å²) >= 11 is 0. The lowest BCUT2D eigenvalue weighted by Crippen LogP contribution is -2.31. The van der Waals surface area contributed by atoms with Gasteiger partial charge in [-0.1, -0.05) is 54.1 Å². The van der Waals surface area contributed by atoms with E-state index in [0.717, 1.165) is 26.1 Å². The zero-order valence-electron chi connectivity index (χ0n) is 15.7. The third-order valence-electron chi connectivity index (χ3n) is 4.68. The molecule has 0 unspecified atom stereocenters. The average Bonchev–Trinajstić information content (AvgIpc) is 3.08. The SMILES string of the molecule is Cc1ccc(CN(CCN)CCc2ccccc2)c(-c2cnn(C)c2)c1. The third kappa shape index (κ3) is 4.81. The molecule has 26 heavy (non-hydrogen) atoms. The molecule has 0 fully saturated rings. The minimum atomic E-state index is 0.670. The van der Waals surface area contributed by atoms with Gasteiger partial charge in [0.05, 0.1) is 6.20 Å². The molecule has 0 bridgehead atoms. The normalized spacial score (nSPS) is 11.2. The Morgan fingerprint density at radius 3 is 2.58 bits per heavy atom. The lowest BCUT2D eigenvalue weighted by atomic mass is 9.99. The van der Waals surface area contributed by atoms with Crippen LogP contribution in [0.5, 0.6) is 0 Å². The Kier molecular flexibility index (Phi) is 6.21. The van der Waals surface area contributed by atoms with Crippen LogP contribution >= 0.6 is 0 Å². The van der Waals surface area contributed by atoms with Crippen LogP contribution in [0, 0.1) is 6.92 Å². The predicted octanol–water partition coefficient (Wildman–Crippen LogP) is 3.40. The Morgan fingerprint density at radius 1 is 1.08 bits per heavy atom. The Bertz CT molecular complexity index is 823. The van der Waals surface area contributed by atoms with Crippen LogP contribution in [0.25, 0.3) is 11.1 Å². The second-order valence-electron chi connectivity index (χ2n) is 6.86. The van der Waals surface area contributed by atoms with Gasteiger partial charge in [-0.25, -0.2) is 0 Å². The first kappa shape index (κ1) is 18.4. The van der Waals surface area contributed by atoms with Gasteiger partial charge in [0.2, 0.25) is 0 Å². The van der Waals surface area contributed by atoms with Crippen LogP contribution in [0.4, 0.5) is 0 Å². The first-order valence-corrected chi connectivity index (χ1v) is 9.20. The molecule has 4 nitrogen and oxygen atoms in total. The molecule has 4 heteroatoms. The maximum atomic E-state index is 5.87. The first-order valence-electron chi connectivity index (χ1n) is 9.20. The highest BCUT2D eigenvalue weighted by atomic mass is 15.2. The molecule has 0 spiro atoms. The van der Waals surface area contributed by atoms with Gasteiger partial charge in [-0.05, 0) is 30.0 Å². The fourth-order valence-electron chi connectivity index (χ4n) is 3.28. The van der Waals surface area contributed by atoms with Crippen molar-refractivity contribution in [1.82, 2.24) is 14.7 Å². The van der Waals surface area contributed by atoms with E-state index in [9.17, 15) is 0 Å². The molecule has 0 amide bonds. The summed E-state index contributed by atoms with van der Waals surface area (Å²) in [7, 11) is 1.96. The van der Waals surface area contributed by atoms with E-state index in [1.165, 1.54) is 27.8 Å². The highest BCUT2D eigenvalue weighted by molar-refractivity contribution is 5.66. The zero-order chi connectivity index (χ0) is 18.4. The summed E-state index contributed by atoms with van der Waals surface area (Å²) in [4.78, 5) is 2.44. The molecule has 0 saturated heterocycles. The molecular weight excluding hydrogens is 320 g/mol. The van der Waals surface area contributed by atoms with Crippen LogP contribution in [0.1, 0.15) is 16.7 Å². The zero-order valence-corrected chi connectivity index (χ0v) is 15.7. The number of nitrogens with two attached hydrogens (primary N) is 1. The van der Waals surface area contributed by atoms with Crippen LogP contribution < -0.4 is 5.73 Å². The van der Waals surface area contributed by atoms with Crippen molar-refractivity contribution in [3.05, 3.63) is 77.6 Å². The first-order chi connectivity index (χ1) is 12.7.